The van der Waals surface area contributed by atoms with E-state index in [2.05, 4.69) is 25.4 Å². The molecular formula is C22H26N6O4. The monoisotopic (exact) mass is 438 g/mol. The van der Waals surface area contributed by atoms with Crippen molar-refractivity contribution in [3.05, 3.63) is 39.9 Å². The van der Waals surface area contributed by atoms with Gasteiger partial charge in [0.2, 0.25) is 0 Å². The number of benzene rings is 1. The molecule has 3 aromatic rings. The first-order chi connectivity index (χ1) is 15.8. The first-order valence-electron chi connectivity index (χ1n) is 11.3. The van der Waals surface area contributed by atoms with Gasteiger partial charge in [-0.3, -0.25) is 9.69 Å². The van der Waals surface area contributed by atoms with E-state index in [0.717, 1.165) is 29.6 Å². The molecule has 2 aromatic heterocycles. The van der Waals surface area contributed by atoms with Crippen molar-refractivity contribution in [3.8, 4) is 11.5 Å². The lowest BCUT2D eigenvalue weighted by atomic mass is 10.0. The van der Waals surface area contributed by atoms with Crippen LogP contribution in [-0.4, -0.2) is 69.6 Å². The zero-order valence-electron chi connectivity index (χ0n) is 17.8. The van der Waals surface area contributed by atoms with Gasteiger partial charge in [-0.2, -0.15) is 0 Å². The van der Waals surface area contributed by atoms with Crippen LogP contribution in [0.1, 0.15) is 49.2 Å². The molecule has 168 valence electrons. The van der Waals surface area contributed by atoms with E-state index in [0.29, 0.717) is 56.6 Å². The van der Waals surface area contributed by atoms with Crippen LogP contribution < -0.4 is 15.0 Å². The lowest BCUT2D eigenvalue weighted by molar-refractivity contribution is 0.0211. The molecule has 1 aromatic carbocycles. The van der Waals surface area contributed by atoms with Crippen LogP contribution in [0.15, 0.2) is 23.0 Å². The van der Waals surface area contributed by atoms with Crippen LogP contribution in [0.3, 0.4) is 0 Å². The first kappa shape index (κ1) is 19.7. The van der Waals surface area contributed by atoms with Crippen LogP contribution in [0.2, 0.25) is 0 Å². The third-order valence-corrected chi connectivity index (χ3v) is 6.67. The maximum Gasteiger partial charge on any atom is 0.253 e. The molecule has 0 radical (unpaired) electrons. The van der Waals surface area contributed by atoms with Gasteiger partial charge in [-0.1, -0.05) is 12.8 Å². The highest BCUT2D eigenvalue weighted by Crippen LogP contribution is 2.36. The van der Waals surface area contributed by atoms with E-state index in [9.17, 15) is 4.79 Å². The molecule has 2 fully saturated rings. The lowest BCUT2D eigenvalue weighted by Crippen LogP contribution is -2.42. The van der Waals surface area contributed by atoms with Gasteiger partial charge >= 0.3 is 0 Å². The maximum atomic E-state index is 13.3. The quantitative estimate of drug-likeness (QED) is 0.657. The summed E-state index contributed by atoms with van der Waals surface area (Å²) < 4.78 is 19.0. The fourth-order valence-corrected chi connectivity index (χ4v) is 5.09. The van der Waals surface area contributed by atoms with Gasteiger partial charge < -0.3 is 19.2 Å². The number of hydrogen-bond acceptors (Lipinski definition) is 8. The zero-order valence-corrected chi connectivity index (χ0v) is 17.8. The Morgan fingerprint density at radius 3 is 2.53 bits per heavy atom. The Balaban J connectivity index is 1.49. The van der Waals surface area contributed by atoms with E-state index in [1.807, 2.05) is 22.9 Å². The first-order valence-corrected chi connectivity index (χ1v) is 11.3. The number of tetrazole rings is 1. The molecule has 1 N–H and O–H groups in total. The van der Waals surface area contributed by atoms with E-state index in [1.54, 1.807) is 0 Å². The Labute approximate surface area is 184 Å². The minimum atomic E-state index is -0.351. The molecule has 2 aliphatic heterocycles. The standard InChI is InChI=1S/C22H26N6O4/c29-22-16(11-14-12-18-19(13-17(14)23-22)32-10-9-31-18)20(27-5-7-30-8-6-27)21-24-25-26-28(21)15-3-1-2-4-15/h11-13,15,20H,1-10H2,(H,23,29)/t20-/m0/s1. The second-order valence-electron chi connectivity index (χ2n) is 8.61. The van der Waals surface area contributed by atoms with Gasteiger partial charge in [-0.05, 0) is 35.4 Å². The third-order valence-electron chi connectivity index (χ3n) is 6.67. The number of morpholine rings is 1. The van der Waals surface area contributed by atoms with E-state index in [1.165, 1.54) is 12.8 Å². The molecule has 10 heteroatoms. The van der Waals surface area contributed by atoms with Crippen LogP contribution in [-0.2, 0) is 4.74 Å². The summed E-state index contributed by atoms with van der Waals surface area (Å²) in [4.78, 5) is 18.6. The van der Waals surface area contributed by atoms with Gasteiger partial charge in [0.15, 0.2) is 17.3 Å². The number of nitrogens with zero attached hydrogens (tertiary/aromatic N) is 5. The van der Waals surface area contributed by atoms with E-state index in [-0.39, 0.29) is 17.6 Å². The van der Waals surface area contributed by atoms with Crippen LogP contribution in [0.4, 0.5) is 0 Å². The number of fused-ring (bicyclic) bond motifs is 2. The summed E-state index contributed by atoms with van der Waals surface area (Å²) in [5, 5.41) is 13.7. The third kappa shape index (κ3) is 3.43. The Hall–Kier alpha value is -2.98. The number of hydrogen-bond donors (Lipinski definition) is 1. The fourth-order valence-electron chi connectivity index (χ4n) is 5.09. The molecule has 0 unspecified atom stereocenters. The van der Waals surface area contributed by atoms with Crippen molar-refractivity contribution < 1.29 is 14.2 Å². The van der Waals surface area contributed by atoms with Gasteiger partial charge in [-0.25, -0.2) is 4.68 Å². The van der Waals surface area contributed by atoms with Gasteiger partial charge in [-0.15, -0.1) is 5.10 Å². The van der Waals surface area contributed by atoms with Crippen molar-refractivity contribution in [1.82, 2.24) is 30.1 Å². The van der Waals surface area contributed by atoms with Gasteiger partial charge in [0.1, 0.15) is 19.3 Å². The highest BCUT2D eigenvalue weighted by molar-refractivity contribution is 5.83. The largest absolute Gasteiger partial charge is 0.486 e. The summed E-state index contributed by atoms with van der Waals surface area (Å²) in [6.07, 6.45) is 4.47. The lowest BCUT2D eigenvalue weighted by Gasteiger charge is -2.34. The molecule has 1 saturated carbocycles. The van der Waals surface area contributed by atoms with E-state index in [4.69, 9.17) is 14.2 Å². The normalized spacial score (nSPS) is 20.6. The molecule has 3 aliphatic rings. The average Bonchev–Trinajstić information content (AvgIpc) is 3.51. The van der Waals surface area contributed by atoms with Crippen molar-refractivity contribution in [1.29, 1.82) is 0 Å². The summed E-state index contributed by atoms with van der Waals surface area (Å²) in [5.74, 6) is 2.07. The second-order valence-corrected chi connectivity index (χ2v) is 8.61. The maximum absolute atomic E-state index is 13.3. The minimum absolute atomic E-state index is 0.147. The molecular weight excluding hydrogens is 412 g/mol. The van der Waals surface area contributed by atoms with Crippen LogP contribution >= 0.6 is 0 Å². The van der Waals surface area contributed by atoms with Crippen LogP contribution in [0.25, 0.3) is 10.9 Å². The smallest absolute Gasteiger partial charge is 0.253 e. The topological polar surface area (TPSA) is 107 Å². The molecule has 4 heterocycles. The molecule has 10 nitrogen and oxygen atoms in total. The molecule has 6 rings (SSSR count). The molecule has 0 spiro atoms. The van der Waals surface area contributed by atoms with Gasteiger partial charge in [0.25, 0.3) is 5.56 Å². The van der Waals surface area contributed by atoms with Crippen molar-refractivity contribution >= 4 is 10.9 Å². The molecule has 32 heavy (non-hydrogen) atoms. The van der Waals surface area contributed by atoms with E-state index < -0.39 is 0 Å². The Kier molecular flexibility index (Phi) is 5.03. The van der Waals surface area contributed by atoms with Crippen molar-refractivity contribution in [3.63, 3.8) is 0 Å². The number of pyridine rings is 1. The van der Waals surface area contributed by atoms with Gasteiger partial charge in [0, 0.05) is 30.1 Å². The molecule has 0 bridgehead atoms. The molecule has 1 aliphatic carbocycles. The predicted octanol–water partition coefficient (Wildman–Crippen LogP) is 1.82. The predicted molar refractivity (Wildman–Crippen MR) is 115 cm³/mol. The van der Waals surface area contributed by atoms with Crippen molar-refractivity contribution in [2.24, 2.45) is 0 Å². The number of nitrogens with one attached hydrogen (secondary N) is 1. The fraction of sp³-hybridized carbons (Fsp3) is 0.545. The van der Waals surface area contributed by atoms with Crippen molar-refractivity contribution in [2.45, 2.75) is 37.8 Å². The second kappa shape index (κ2) is 8.18. The Bertz CT molecular complexity index is 1180. The highest BCUT2D eigenvalue weighted by atomic mass is 16.6. The Morgan fingerprint density at radius 2 is 1.75 bits per heavy atom. The van der Waals surface area contributed by atoms with Gasteiger partial charge in [0.05, 0.1) is 24.8 Å². The Morgan fingerprint density at radius 1 is 1.00 bits per heavy atom. The van der Waals surface area contributed by atoms with Crippen molar-refractivity contribution in [2.75, 3.05) is 39.5 Å². The number of rotatable bonds is 4. The van der Waals surface area contributed by atoms with Crippen LogP contribution in [0.5, 0.6) is 11.5 Å². The van der Waals surface area contributed by atoms with Crippen LogP contribution in [0, 0.1) is 0 Å². The molecule has 0 amide bonds. The highest BCUT2D eigenvalue weighted by Gasteiger charge is 2.34. The summed E-state index contributed by atoms with van der Waals surface area (Å²) in [7, 11) is 0. The molecule has 1 atom stereocenters. The number of aromatic amines is 1. The average molecular weight is 438 g/mol. The summed E-state index contributed by atoms with van der Waals surface area (Å²) in [5.41, 5.74) is 1.20. The minimum Gasteiger partial charge on any atom is -0.486 e. The number of ether oxygens (including phenoxy) is 3. The molecule has 1 saturated heterocycles. The number of aromatic nitrogens is 5. The van der Waals surface area contributed by atoms with E-state index >= 15 is 0 Å². The summed E-state index contributed by atoms with van der Waals surface area (Å²) in [6, 6.07) is 5.64. The summed E-state index contributed by atoms with van der Waals surface area (Å²) in [6.45, 7) is 3.67. The summed E-state index contributed by atoms with van der Waals surface area (Å²) >= 11 is 0. The number of H-pyrrole nitrogens is 1. The zero-order chi connectivity index (χ0) is 21.5. The SMILES string of the molecule is O=c1[nH]c2cc3c(cc2cc1[C@@H](c1nnnn1C1CCCC1)N1CCOCC1)OCCO3.